The molecule has 1 aliphatic rings. The SMILES string of the molecule is NC1NC(SCC(=O)OCc2ccccc2)NC(=O)C1NC(=O)c1ccc(F)cc1. The van der Waals surface area contributed by atoms with E-state index in [1.165, 1.54) is 12.1 Å². The van der Waals surface area contributed by atoms with Crippen LogP contribution in [0.1, 0.15) is 15.9 Å². The molecule has 2 amide bonds. The van der Waals surface area contributed by atoms with Crippen molar-refractivity contribution in [1.29, 1.82) is 0 Å². The van der Waals surface area contributed by atoms with Gasteiger partial charge in [0, 0.05) is 5.56 Å². The highest BCUT2D eigenvalue weighted by atomic mass is 32.2. The zero-order valence-electron chi connectivity index (χ0n) is 15.8. The van der Waals surface area contributed by atoms with Crippen LogP contribution in [-0.4, -0.2) is 41.2 Å². The molecule has 0 bridgehead atoms. The van der Waals surface area contributed by atoms with Crippen molar-refractivity contribution in [2.75, 3.05) is 5.75 Å². The number of thioether (sulfide) groups is 1. The molecule has 3 rings (SSSR count). The van der Waals surface area contributed by atoms with E-state index in [-0.39, 0.29) is 17.9 Å². The van der Waals surface area contributed by atoms with Gasteiger partial charge in [-0.3, -0.25) is 19.7 Å². The van der Waals surface area contributed by atoms with E-state index in [9.17, 15) is 18.8 Å². The lowest BCUT2D eigenvalue weighted by molar-refractivity contribution is -0.141. The highest BCUT2D eigenvalue weighted by Gasteiger charge is 2.35. The van der Waals surface area contributed by atoms with E-state index in [1.807, 2.05) is 30.3 Å². The number of esters is 1. The van der Waals surface area contributed by atoms with E-state index in [0.717, 1.165) is 29.5 Å². The summed E-state index contributed by atoms with van der Waals surface area (Å²) in [6, 6.07) is 13.2. The molecule has 1 fully saturated rings. The van der Waals surface area contributed by atoms with Crippen molar-refractivity contribution in [3.63, 3.8) is 0 Å². The lowest BCUT2D eigenvalue weighted by Gasteiger charge is -2.35. The van der Waals surface area contributed by atoms with Gasteiger partial charge in [0.25, 0.3) is 5.91 Å². The molecule has 158 valence electrons. The molecule has 8 nitrogen and oxygen atoms in total. The van der Waals surface area contributed by atoms with Gasteiger partial charge >= 0.3 is 5.97 Å². The van der Waals surface area contributed by atoms with E-state index in [2.05, 4.69) is 16.0 Å². The minimum atomic E-state index is -1.02. The van der Waals surface area contributed by atoms with Gasteiger partial charge in [0.2, 0.25) is 5.91 Å². The molecule has 3 unspecified atom stereocenters. The number of halogens is 1. The van der Waals surface area contributed by atoms with E-state index in [4.69, 9.17) is 10.5 Å². The number of carbonyl (C=O) groups excluding carboxylic acids is 3. The second kappa shape index (κ2) is 10.2. The van der Waals surface area contributed by atoms with E-state index >= 15 is 0 Å². The second-order valence-electron chi connectivity index (χ2n) is 6.50. The Morgan fingerprint density at radius 1 is 1.13 bits per heavy atom. The van der Waals surface area contributed by atoms with Crippen LogP contribution < -0.4 is 21.7 Å². The number of benzene rings is 2. The molecule has 3 atom stereocenters. The standard InChI is InChI=1S/C20H21FN4O4S/c21-14-8-6-13(7-9-14)18(27)23-16-17(22)24-20(25-19(16)28)30-11-15(26)29-10-12-4-2-1-3-5-12/h1-9,16-17,20,24H,10-11,22H2,(H,23,27)(H,25,28). The Bertz CT molecular complexity index is 897. The first-order valence-electron chi connectivity index (χ1n) is 9.12. The van der Waals surface area contributed by atoms with Crippen molar-refractivity contribution in [2.24, 2.45) is 5.73 Å². The first-order valence-corrected chi connectivity index (χ1v) is 10.2. The molecule has 0 radical (unpaired) electrons. The van der Waals surface area contributed by atoms with E-state index < -0.39 is 41.3 Å². The molecular formula is C20H21FN4O4S. The number of carbonyl (C=O) groups is 3. The molecule has 0 aromatic heterocycles. The average Bonchev–Trinajstić information content (AvgIpc) is 2.74. The van der Waals surface area contributed by atoms with Gasteiger partial charge < -0.3 is 21.1 Å². The van der Waals surface area contributed by atoms with Crippen LogP contribution >= 0.6 is 11.8 Å². The molecule has 2 aromatic rings. The number of hydrogen-bond acceptors (Lipinski definition) is 7. The van der Waals surface area contributed by atoms with Crippen LogP contribution in [0.3, 0.4) is 0 Å². The second-order valence-corrected chi connectivity index (χ2v) is 7.59. The summed E-state index contributed by atoms with van der Waals surface area (Å²) in [6.07, 6.45) is -0.874. The van der Waals surface area contributed by atoms with Gasteiger partial charge in [-0.1, -0.05) is 30.3 Å². The lowest BCUT2D eigenvalue weighted by Crippen LogP contribution is -2.70. The maximum absolute atomic E-state index is 13.0. The van der Waals surface area contributed by atoms with Gasteiger partial charge in [-0.15, -0.1) is 11.8 Å². The van der Waals surface area contributed by atoms with Crippen LogP contribution in [0, 0.1) is 5.82 Å². The molecule has 30 heavy (non-hydrogen) atoms. The summed E-state index contributed by atoms with van der Waals surface area (Å²) in [4.78, 5) is 36.5. The van der Waals surface area contributed by atoms with Crippen LogP contribution in [0.25, 0.3) is 0 Å². The van der Waals surface area contributed by atoms with Crippen molar-refractivity contribution in [3.8, 4) is 0 Å². The van der Waals surface area contributed by atoms with Crippen LogP contribution in [0.15, 0.2) is 54.6 Å². The van der Waals surface area contributed by atoms with Gasteiger partial charge in [-0.2, -0.15) is 0 Å². The van der Waals surface area contributed by atoms with E-state index in [0.29, 0.717) is 0 Å². The highest BCUT2D eigenvalue weighted by molar-refractivity contribution is 8.00. The summed E-state index contributed by atoms with van der Waals surface area (Å²) in [5, 5.41) is 8.08. The summed E-state index contributed by atoms with van der Waals surface area (Å²) in [6.45, 7) is 0.168. The monoisotopic (exact) mass is 432 g/mol. The fourth-order valence-corrected chi connectivity index (χ4v) is 3.54. The van der Waals surface area contributed by atoms with Crippen molar-refractivity contribution in [1.82, 2.24) is 16.0 Å². The normalized spacial score (nSPS) is 20.9. The van der Waals surface area contributed by atoms with Gasteiger partial charge in [-0.25, -0.2) is 4.39 Å². The molecule has 0 saturated carbocycles. The molecule has 1 saturated heterocycles. The molecule has 0 spiro atoms. The van der Waals surface area contributed by atoms with Gasteiger partial charge in [0.1, 0.15) is 24.0 Å². The topological polar surface area (TPSA) is 123 Å². The van der Waals surface area contributed by atoms with Crippen LogP contribution in [0.4, 0.5) is 4.39 Å². The van der Waals surface area contributed by atoms with Gasteiger partial charge in [-0.05, 0) is 29.8 Å². The predicted molar refractivity (Wildman–Crippen MR) is 109 cm³/mol. The fraction of sp³-hybridized carbons (Fsp3) is 0.250. The average molecular weight is 432 g/mol. The number of ether oxygens (including phenoxy) is 1. The molecular weight excluding hydrogens is 411 g/mol. The molecule has 2 aromatic carbocycles. The number of rotatable bonds is 7. The molecule has 1 heterocycles. The Kier molecular flexibility index (Phi) is 7.39. The third kappa shape index (κ3) is 6.02. The molecule has 5 N–H and O–H groups in total. The molecule has 10 heteroatoms. The first-order chi connectivity index (χ1) is 14.4. The lowest BCUT2D eigenvalue weighted by atomic mass is 10.1. The van der Waals surface area contributed by atoms with Gasteiger partial charge in [0.05, 0.1) is 11.9 Å². The summed E-state index contributed by atoms with van der Waals surface area (Å²) in [5.41, 5.74) is 6.44. The Labute approximate surface area is 176 Å². The largest absolute Gasteiger partial charge is 0.460 e. The van der Waals surface area contributed by atoms with Crippen LogP contribution in [0.5, 0.6) is 0 Å². The number of nitrogens with two attached hydrogens (primary N) is 1. The maximum Gasteiger partial charge on any atom is 0.316 e. The summed E-state index contributed by atoms with van der Waals surface area (Å²) in [7, 11) is 0. The number of hydrogen-bond donors (Lipinski definition) is 4. The van der Waals surface area contributed by atoms with Crippen molar-refractivity contribution >= 4 is 29.5 Å². The first kappa shape index (κ1) is 21.8. The third-order valence-corrected chi connectivity index (χ3v) is 5.25. The summed E-state index contributed by atoms with van der Waals surface area (Å²) >= 11 is 1.12. The fourth-order valence-electron chi connectivity index (χ4n) is 2.70. The highest BCUT2D eigenvalue weighted by Crippen LogP contribution is 2.13. The minimum Gasteiger partial charge on any atom is -0.460 e. The van der Waals surface area contributed by atoms with Crippen LogP contribution in [-0.2, 0) is 20.9 Å². The quantitative estimate of drug-likeness (QED) is 0.475. The Morgan fingerprint density at radius 2 is 1.83 bits per heavy atom. The number of nitrogens with one attached hydrogen (secondary N) is 3. The number of amides is 2. The van der Waals surface area contributed by atoms with Crippen LogP contribution in [0.2, 0.25) is 0 Å². The summed E-state index contributed by atoms with van der Waals surface area (Å²) in [5.74, 6) is -1.94. The smallest absolute Gasteiger partial charge is 0.316 e. The molecule has 0 aliphatic carbocycles. The Balaban J connectivity index is 1.44. The van der Waals surface area contributed by atoms with Crippen molar-refractivity contribution in [2.45, 2.75) is 24.3 Å². The molecule has 1 aliphatic heterocycles. The Hall–Kier alpha value is -2.95. The zero-order valence-corrected chi connectivity index (χ0v) is 16.7. The predicted octanol–water partition coefficient (Wildman–Crippen LogP) is 0.689. The zero-order chi connectivity index (χ0) is 21.5. The van der Waals surface area contributed by atoms with Crippen molar-refractivity contribution in [3.05, 3.63) is 71.5 Å². The maximum atomic E-state index is 13.0. The minimum absolute atomic E-state index is 0.00407. The van der Waals surface area contributed by atoms with Crippen molar-refractivity contribution < 1.29 is 23.5 Å². The third-order valence-electron chi connectivity index (χ3n) is 4.26. The van der Waals surface area contributed by atoms with E-state index in [1.54, 1.807) is 0 Å². The Morgan fingerprint density at radius 3 is 2.50 bits per heavy atom. The van der Waals surface area contributed by atoms with Gasteiger partial charge in [0.15, 0.2) is 0 Å². The summed E-state index contributed by atoms with van der Waals surface area (Å²) < 4.78 is 18.2.